The van der Waals surface area contributed by atoms with Crippen molar-refractivity contribution in [2.45, 2.75) is 45.2 Å². The highest BCUT2D eigenvalue weighted by Gasteiger charge is 2.28. The van der Waals surface area contributed by atoms with Gasteiger partial charge in [0.25, 0.3) is 18.6 Å². The summed E-state index contributed by atoms with van der Waals surface area (Å²) in [5.74, 6) is 0. The van der Waals surface area contributed by atoms with Gasteiger partial charge >= 0.3 is 9.28 Å². The van der Waals surface area contributed by atoms with E-state index >= 15 is 0 Å². The fourth-order valence-corrected chi connectivity index (χ4v) is 13.6. The van der Waals surface area contributed by atoms with Gasteiger partial charge < -0.3 is 16.8 Å². The zero-order valence-corrected chi connectivity index (χ0v) is 15.5. The minimum atomic E-state index is -1.53. The molecule has 96 valence electrons. The lowest BCUT2D eigenvalue weighted by Crippen LogP contribution is -2.41. The normalized spacial score (nSPS) is 37.7. The summed E-state index contributed by atoms with van der Waals surface area (Å²) in [6, 6.07) is 1.16. The van der Waals surface area contributed by atoms with E-state index in [1.165, 1.54) is 0 Å². The molecule has 16 heavy (non-hydrogen) atoms. The maximum absolute atomic E-state index is 6.15. The van der Waals surface area contributed by atoms with Crippen molar-refractivity contribution in [3.05, 3.63) is 0 Å². The molecule has 0 amide bonds. The summed E-state index contributed by atoms with van der Waals surface area (Å²) in [4.78, 5) is 0. The number of rotatable bonds is 0. The Balaban J connectivity index is 2.56. The average molecular weight is 297 g/mol. The molecule has 0 spiro atoms. The second-order valence-corrected chi connectivity index (χ2v) is 15.7. The van der Waals surface area contributed by atoms with Gasteiger partial charge in [0.2, 0.25) is 0 Å². The highest BCUT2D eigenvalue weighted by Crippen LogP contribution is 2.17. The SMILES string of the molecule is C[SiH]1OCCC[Si](C)(C)O[SiH](C)O[SiH](C)O1. The van der Waals surface area contributed by atoms with Crippen LogP contribution in [0.15, 0.2) is 0 Å². The molecular formula is C8H24O4Si4. The summed E-state index contributed by atoms with van der Waals surface area (Å²) < 4.78 is 23.6. The van der Waals surface area contributed by atoms with Crippen LogP contribution in [0.1, 0.15) is 6.42 Å². The Kier molecular flexibility index (Phi) is 6.08. The monoisotopic (exact) mass is 296 g/mol. The van der Waals surface area contributed by atoms with E-state index in [0.29, 0.717) is 0 Å². The van der Waals surface area contributed by atoms with Crippen LogP contribution in [0.5, 0.6) is 0 Å². The lowest BCUT2D eigenvalue weighted by atomic mass is 10.5. The van der Waals surface area contributed by atoms with Crippen LogP contribution in [0.25, 0.3) is 0 Å². The largest absolute Gasteiger partial charge is 0.439 e. The topological polar surface area (TPSA) is 36.9 Å². The minimum Gasteiger partial charge on any atom is -0.439 e. The third-order valence-electron chi connectivity index (χ3n) is 2.53. The Morgan fingerprint density at radius 1 is 0.938 bits per heavy atom. The number of hydrogen-bond donors (Lipinski definition) is 0. The molecule has 0 aliphatic carbocycles. The summed E-state index contributed by atoms with van der Waals surface area (Å²) in [6.45, 7) is 11.6. The smallest absolute Gasteiger partial charge is 0.309 e. The van der Waals surface area contributed by atoms with Crippen molar-refractivity contribution in [3.63, 3.8) is 0 Å². The second kappa shape index (κ2) is 6.59. The molecule has 3 unspecified atom stereocenters. The Morgan fingerprint density at radius 2 is 1.56 bits per heavy atom. The van der Waals surface area contributed by atoms with Crippen LogP contribution in [0.3, 0.4) is 0 Å². The van der Waals surface area contributed by atoms with Crippen LogP contribution in [0.4, 0.5) is 0 Å². The summed E-state index contributed by atoms with van der Waals surface area (Å²) in [7, 11) is -5.97. The molecule has 0 bridgehead atoms. The summed E-state index contributed by atoms with van der Waals surface area (Å²) >= 11 is 0. The third kappa shape index (κ3) is 5.86. The highest BCUT2D eigenvalue weighted by molar-refractivity contribution is 6.78. The Morgan fingerprint density at radius 3 is 2.25 bits per heavy atom. The first-order chi connectivity index (χ1) is 7.39. The molecule has 1 fully saturated rings. The van der Waals surface area contributed by atoms with Crippen molar-refractivity contribution in [2.24, 2.45) is 0 Å². The molecule has 4 nitrogen and oxygen atoms in total. The van der Waals surface area contributed by atoms with E-state index in [2.05, 4.69) is 32.7 Å². The summed E-state index contributed by atoms with van der Waals surface area (Å²) in [5, 5.41) is 0. The molecule has 0 aromatic rings. The predicted molar refractivity (Wildman–Crippen MR) is 75.2 cm³/mol. The van der Waals surface area contributed by atoms with Crippen molar-refractivity contribution in [3.8, 4) is 0 Å². The van der Waals surface area contributed by atoms with E-state index in [9.17, 15) is 0 Å². The maximum Gasteiger partial charge on any atom is 0.309 e. The van der Waals surface area contributed by atoms with Crippen molar-refractivity contribution < 1.29 is 16.8 Å². The molecule has 0 aromatic heterocycles. The zero-order chi connectivity index (χ0) is 12.2. The van der Waals surface area contributed by atoms with Crippen molar-refractivity contribution >= 4 is 36.2 Å². The fourth-order valence-electron chi connectivity index (χ4n) is 1.89. The van der Waals surface area contributed by atoms with Gasteiger partial charge in [0.15, 0.2) is 8.32 Å². The molecule has 1 aliphatic heterocycles. The van der Waals surface area contributed by atoms with E-state index in [4.69, 9.17) is 16.8 Å². The Bertz CT molecular complexity index is 216. The van der Waals surface area contributed by atoms with Gasteiger partial charge in [-0.2, -0.15) is 0 Å². The second-order valence-electron chi connectivity index (χ2n) is 4.83. The van der Waals surface area contributed by atoms with Crippen molar-refractivity contribution in [1.29, 1.82) is 0 Å². The maximum atomic E-state index is 6.15. The predicted octanol–water partition coefficient (Wildman–Crippen LogP) is 1.21. The first kappa shape index (κ1) is 14.8. The van der Waals surface area contributed by atoms with Crippen LogP contribution in [0.2, 0.25) is 38.8 Å². The molecule has 0 saturated carbocycles. The molecule has 8 heteroatoms. The lowest BCUT2D eigenvalue weighted by Gasteiger charge is -2.27. The molecule has 1 aliphatic rings. The van der Waals surface area contributed by atoms with Gasteiger partial charge in [-0.15, -0.1) is 0 Å². The van der Waals surface area contributed by atoms with E-state index in [1.807, 2.05) is 0 Å². The Hall–Kier alpha value is 0.708. The molecule has 0 aromatic carbocycles. The summed E-state index contributed by atoms with van der Waals surface area (Å²) in [5.41, 5.74) is 0. The highest BCUT2D eigenvalue weighted by atomic mass is 28.4. The van der Waals surface area contributed by atoms with Crippen molar-refractivity contribution in [1.82, 2.24) is 0 Å². The minimum absolute atomic E-state index is 0.824. The van der Waals surface area contributed by atoms with E-state index in [-0.39, 0.29) is 0 Å². The van der Waals surface area contributed by atoms with Crippen LogP contribution in [-0.4, -0.2) is 42.8 Å². The van der Waals surface area contributed by atoms with Crippen LogP contribution < -0.4 is 0 Å². The van der Waals surface area contributed by atoms with Gasteiger partial charge in [0, 0.05) is 6.61 Å². The van der Waals surface area contributed by atoms with E-state index in [1.54, 1.807) is 0 Å². The average Bonchev–Trinajstić information content (AvgIpc) is 2.11. The molecular weight excluding hydrogens is 272 g/mol. The van der Waals surface area contributed by atoms with Crippen molar-refractivity contribution in [2.75, 3.05) is 6.61 Å². The first-order valence-electron chi connectivity index (χ1n) is 5.99. The van der Waals surface area contributed by atoms with Gasteiger partial charge in [-0.05, 0) is 45.2 Å². The number of hydrogen-bond acceptors (Lipinski definition) is 4. The standard InChI is InChI=1S/C8H24O4Si4/c1-13-9-7-6-8-16(4,5)12-15(3)11-14(2)10-13/h13-15H,6-8H2,1-5H3. The van der Waals surface area contributed by atoms with E-state index in [0.717, 1.165) is 19.1 Å². The molecule has 1 heterocycles. The van der Waals surface area contributed by atoms with Crippen LogP contribution >= 0.6 is 0 Å². The summed E-state index contributed by atoms with van der Waals surface area (Å²) in [6.07, 6.45) is 1.09. The van der Waals surface area contributed by atoms with Gasteiger partial charge in [0.1, 0.15) is 0 Å². The molecule has 3 atom stereocenters. The quantitative estimate of drug-likeness (QED) is 0.630. The van der Waals surface area contributed by atoms with Gasteiger partial charge in [-0.3, -0.25) is 0 Å². The molecule has 1 saturated heterocycles. The third-order valence-corrected chi connectivity index (χ3v) is 14.8. The first-order valence-corrected chi connectivity index (χ1v) is 15.4. The van der Waals surface area contributed by atoms with Crippen LogP contribution in [0, 0.1) is 0 Å². The van der Waals surface area contributed by atoms with Gasteiger partial charge in [0.05, 0.1) is 0 Å². The van der Waals surface area contributed by atoms with Gasteiger partial charge in [-0.1, -0.05) is 0 Å². The zero-order valence-electron chi connectivity index (χ0n) is 11.0. The molecule has 0 radical (unpaired) electrons. The van der Waals surface area contributed by atoms with E-state index < -0.39 is 36.2 Å². The van der Waals surface area contributed by atoms with Crippen LogP contribution in [-0.2, 0) is 16.8 Å². The Labute approximate surface area is 105 Å². The lowest BCUT2D eigenvalue weighted by molar-refractivity contribution is 0.259. The molecule has 1 rings (SSSR count). The van der Waals surface area contributed by atoms with Gasteiger partial charge in [-0.25, -0.2) is 0 Å². The fraction of sp³-hybridized carbons (Fsp3) is 1.00. The molecule has 0 N–H and O–H groups in total.